The molecule has 9 heteroatoms. The van der Waals surface area contributed by atoms with E-state index in [0.29, 0.717) is 22.5 Å². The molecule has 34 heavy (non-hydrogen) atoms. The number of amides is 1. The van der Waals surface area contributed by atoms with E-state index >= 15 is 0 Å². The van der Waals surface area contributed by atoms with Crippen LogP contribution >= 0.6 is 23.4 Å². The van der Waals surface area contributed by atoms with Crippen molar-refractivity contribution >= 4 is 35.0 Å². The Bertz CT molecular complexity index is 1290. The van der Waals surface area contributed by atoms with Crippen molar-refractivity contribution in [3.05, 3.63) is 84.1 Å². The van der Waals surface area contributed by atoms with Crippen LogP contribution in [0.5, 0.6) is 0 Å². The fraction of sp³-hybridized carbons (Fsp3) is 0.160. The highest BCUT2D eigenvalue weighted by Crippen LogP contribution is 2.31. The Hall–Kier alpha value is -3.67. The van der Waals surface area contributed by atoms with E-state index in [-0.39, 0.29) is 12.3 Å². The summed E-state index contributed by atoms with van der Waals surface area (Å²) in [5.41, 5.74) is 2.43. The normalized spacial score (nSPS) is 11.6. The Morgan fingerprint density at radius 1 is 1.09 bits per heavy atom. The molecule has 4 aromatic rings. The predicted octanol–water partition coefficient (Wildman–Crippen LogP) is 5.41. The number of thioether (sulfide) groups is 1. The van der Waals surface area contributed by atoms with E-state index in [1.807, 2.05) is 66.1 Å². The number of nitriles is 1. The minimum atomic E-state index is -0.473. The van der Waals surface area contributed by atoms with Gasteiger partial charge in [0, 0.05) is 40.9 Å². The van der Waals surface area contributed by atoms with E-state index in [1.165, 1.54) is 11.8 Å². The SMILES string of the molecule is CC(Sc1nnc(-c2ccncc2)n1-c1ccc(Cl)cc1)C(=O)N(CCC#N)c1ccccc1. The summed E-state index contributed by atoms with van der Waals surface area (Å²) in [5.74, 6) is 0.527. The molecule has 0 aliphatic carbocycles. The summed E-state index contributed by atoms with van der Waals surface area (Å²) in [6.45, 7) is 2.15. The first-order valence-corrected chi connectivity index (χ1v) is 11.9. The van der Waals surface area contributed by atoms with Crippen molar-refractivity contribution in [2.24, 2.45) is 0 Å². The molecule has 2 aromatic carbocycles. The maximum absolute atomic E-state index is 13.4. The lowest BCUT2D eigenvalue weighted by molar-refractivity contribution is -0.117. The second kappa shape index (κ2) is 11.0. The molecule has 0 saturated carbocycles. The van der Waals surface area contributed by atoms with Crippen LogP contribution in [0.4, 0.5) is 5.69 Å². The minimum absolute atomic E-state index is 0.109. The van der Waals surface area contributed by atoms with Gasteiger partial charge in [0.15, 0.2) is 11.0 Å². The van der Waals surface area contributed by atoms with Crippen molar-refractivity contribution in [1.29, 1.82) is 5.26 Å². The van der Waals surface area contributed by atoms with Gasteiger partial charge in [-0.3, -0.25) is 14.3 Å². The van der Waals surface area contributed by atoms with Crippen LogP contribution in [0.25, 0.3) is 17.1 Å². The smallest absolute Gasteiger partial charge is 0.240 e. The third-order valence-electron chi connectivity index (χ3n) is 5.07. The number of nitrogens with zero attached hydrogens (tertiary/aromatic N) is 6. The predicted molar refractivity (Wildman–Crippen MR) is 134 cm³/mol. The van der Waals surface area contributed by atoms with Gasteiger partial charge in [-0.05, 0) is 55.5 Å². The molecule has 0 fully saturated rings. The van der Waals surface area contributed by atoms with Gasteiger partial charge in [-0.15, -0.1) is 10.2 Å². The van der Waals surface area contributed by atoms with E-state index in [1.54, 1.807) is 29.4 Å². The molecule has 0 aliphatic rings. The van der Waals surface area contributed by atoms with Gasteiger partial charge in [0.2, 0.25) is 5.91 Å². The third kappa shape index (κ3) is 5.28. The zero-order valence-electron chi connectivity index (χ0n) is 18.4. The largest absolute Gasteiger partial charge is 0.310 e. The number of carbonyl (C=O) groups is 1. The van der Waals surface area contributed by atoms with Gasteiger partial charge in [-0.25, -0.2) is 0 Å². The lowest BCUT2D eigenvalue weighted by Crippen LogP contribution is -2.37. The Morgan fingerprint density at radius 3 is 2.47 bits per heavy atom. The fourth-order valence-corrected chi connectivity index (χ4v) is 4.48. The summed E-state index contributed by atoms with van der Waals surface area (Å²) in [7, 11) is 0. The number of pyridine rings is 1. The first-order valence-electron chi connectivity index (χ1n) is 10.6. The van der Waals surface area contributed by atoms with Gasteiger partial charge < -0.3 is 4.90 Å². The maximum atomic E-state index is 13.4. The van der Waals surface area contributed by atoms with Gasteiger partial charge in [0.05, 0.1) is 17.7 Å². The van der Waals surface area contributed by atoms with Crippen LogP contribution in [-0.2, 0) is 4.79 Å². The highest BCUT2D eigenvalue weighted by atomic mass is 35.5. The average molecular weight is 489 g/mol. The Balaban J connectivity index is 1.67. The average Bonchev–Trinajstić information content (AvgIpc) is 3.29. The number of benzene rings is 2. The van der Waals surface area contributed by atoms with E-state index in [4.69, 9.17) is 16.9 Å². The van der Waals surface area contributed by atoms with Crippen molar-refractivity contribution < 1.29 is 4.79 Å². The minimum Gasteiger partial charge on any atom is -0.310 e. The van der Waals surface area contributed by atoms with Crippen LogP contribution in [0, 0.1) is 11.3 Å². The summed E-state index contributed by atoms with van der Waals surface area (Å²) in [6, 6.07) is 22.6. The highest BCUT2D eigenvalue weighted by molar-refractivity contribution is 8.00. The van der Waals surface area contributed by atoms with Crippen LogP contribution in [0.15, 0.2) is 84.3 Å². The highest BCUT2D eigenvalue weighted by Gasteiger charge is 2.26. The van der Waals surface area contributed by atoms with Crippen LogP contribution in [0.3, 0.4) is 0 Å². The number of aromatic nitrogens is 4. The van der Waals surface area contributed by atoms with Crippen LogP contribution < -0.4 is 4.90 Å². The van der Waals surface area contributed by atoms with E-state index < -0.39 is 5.25 Å². The lowest BCUT2D eigenvalue weighted by Gasteiger charge is -2.25. The van der Waals surface area contributed by atoms with E-state index in [9.17, 15) is 4.79 Å². The third-order valence-corrected chi connectivity index (χ3v) is 6.35. The molecular formula is C25H21ClN6OS. The van der Waals surface area contributed by atoms with Crippen molar-refractivity contribution in [3.8, 4) is 23.1 Å². The zero-order valence-corrected chi connectivity index (χ0v) is 19.9. The second-order valence-electron chi connectivity index (χ2n) is 7.35. The van der Waals surface area contributed by atoms with Crippen LogP contribution in [-0.4, -0.2) is 37.5 Å². The van der Waals surface area contributed by atoms with E-state index in [2.05, 4.69) is 21.3 Å². The summed E-state index contributed by atoms with van der Waals surface area (Å²) >= 11 is 7.42. The molecule has 0 bridgehead atoms. The summed E-state index contributed by atoms with van der Waals surface area (Å²) in [4.78, 5) is 19.2. The molecule has 2 heterocycles. The number of carbonyl (C=O) groups excluding carboxylic acids is 1. The van der Waals surface area contributed by atoms with Crippen molar-refractivity contribution in [2.75, 3.05) is 11.4 Å². The quantitative estimate of drug-likeness (QED) is 0.308. The van der Waals surface area contributed by atoms with Gasteiger partial charge in [0.1, 0.15) is 0 Å². The van der Waals surface area contributed by atoms with E-state index in [0.717, 1.165) is 16.9 Å². The molecule has 0 aliphatic heterocycles. The fourth-order valence-electron chi connectivity index (χ4n) is 3.42. The molecule has 0 saturated heterocycles. The summed E-state index contributed by atoms with van der Waals surface area (Å²) in [5, 5.41) is 18.6. The van der Waals surface area contributed by atoms with Gasteiger partial charge >= 0.3 is 0 Å². The monoisotopic (exact) mass is 488 g/mol. The molecule has 1 amide bonds. The number of hydrogen-bond donors (Lipinski definition) is 0. The molecule has 4 rings (SSSR count). The summed E-state index contributed by atoms with van der Waals surface area (Å²) in [6.07, 6.45) is 3.63. The van der Waals surface area contributed by atoms with Gasteiger partial charge in [-0.1, -0.05) is 41.6 Å². The standard InChI is InChI=1S/C25H21ClN6OS/c1-18(24(33)31(17-5-14-27)21-6-3-2-4-7-21)34-25-30-29-23(19-12-15-28-16-13-19)32(25)22-10-8-20(26)9-11-22/h2-4,6-13,15-16,18H,5,17H2,1H3. The number of anilines is 1. The van der Waals surface area contributed by atoms with Crippen molar-refractivity contribution in [1.82, 2.24) is 19.7 Å². The Kier molecular flexibility index (Phi) is 7.58. The number of halogens is 1. The summed E-state index contributed by atoms with van der Waals surface area (Å²) < 4.78 is 1.91. The van der Waals surface area contributed by atoms with Crippen LogP contribution in [0.2, 0.25) is 5.02 Å². The second-order valence-corrected chi connectivity index (χ2v) is 9.09. The first kappa shape index (κ1) is 23.5. The molecular weight excluding hydrogens is 468 g/mol. The maximum Gasteiger partial charge on any atom is 0.240 e. The Morgan fingerprint density at radius 2 is 1.79 bits per heavy atom. The number of rotatable bonds is 8. The molecule has 7 nitrogen and oxygen atoms in total. The van der Waals surface area contributed by atoms with Crippen molar-refractivity contribution in [2.45, 2.75) is 23.8 Å². The molecule has 0 radical (unpaired) electrons. The zero-order chi connectivity index (χ0) is 23.9. The molecule has 1 atom stereocenters. The Labute approximate surface area is 207 Å². The van der Waals surface area contributed by atoms with Gasteiger partial charge in [0.25, 0.3) is 0 Å². The number of hydrogen-bond acceptors (Lipinski definition) is 6. The molecule has 1 unspecified atom stereocenters. The van der Waals surface area contributed by atoms with Crippen molar-refractivity contribution in [3.63, 3.8) is 0 Å². The molecule has 0 spiro atoms. The van der Waals surface area contributed by atoms with Crippen LogP contribution in [0.1, 0.15) is 13.3 Å². The topological polar surface area (TPSA) is 87.7 Å². The molecule has 2 aromatic heterocycles. The molecule has 0 N–H and O–H groups in total. The molecule has 170 valence electrons. The lowest BCUT2D eigenvalue weighted by atomic mass is 10.2. The number of para-hydroxylation sites is 1. The first-order chi connectivity index (χ1) is 16.6. The van der Waals surface area contributed by atoms with Gasteiger partial charge in [-0.2, -0.15) is 5.26 Å².